The van der Waals surface area contributed by atoms with E-state index in [4.69, 9.17) is 0 Å². The summed E-state index contributed by atoms with van der Waals surface area (Å²) >= 11 is 5.16. The van der Waals surface area contributed by atoms with Crippen molar-refractivity contribution in [2.24, 2.45) is 0 Å². The summed E-state index contributed by atoms with van der Waals surface area (Å²) in [5.41, 5.74) is 2.91. The zero-order valence-electron chi connectivity index (χ0n) is 18.2. The Bertz CT molecular complexity index is 1230. The second-order valence-corrected chi connectivity index (χ2v) is 9.95. The Kier molecular flexibility index (Phi) is 6.71. The number of carbonyl (C=O) groups is 3. The van der Waals surface area contributed by atoms with Crippen LogP contribution >= 0.6 is 27.3 Å². The van der Waals surface area contributed by atoms with Gasteiger partial charge in [0.15, 0.2) is 0 Å². The second kappa shape index (κ2) is 9.52. The summed E-state index contributed by atoms with van der Waals surface area (Å²) in [5, 5.41) is 15.1. The average Bonchev–Trinajstić information content (AvgIpc) is 3.14. The van der Waals surface area contributed by atoms with E-state index in [1.807, 2.05) is 30.3 Å². The van der Waals surface area contributed by atoms with E-state index in [9.17, 15) is 19.5 Å². The van der Waals surface area contributed by atoms with Crippen LogP contribution < -0.4 is 10.2 Å². The van der Waals surface area contributed by atoms with Crippen LogP contribution in [0.4, 0.5) is 10.5 Å². The first kappa shape index (κ1) is 23.3. The molecule has 2 heterocycles. The van der Waals surface area contributed by atoms with E-state index in [-0.39, 0.29) is 5.91 Å². The van der Waals surface area contributed by atoms with Gasteiger partial charge in [0.2, 0.25) is 11.8 Å². The van der Waals surface area contributed by atoms with Crippen molar-refractivity contribution < 1.29 is 19.5 Å². The molecular weight excluding hydrogens is 506 g/mol. The second-order valence-electron chi connectivity index (χ2n) is 8.12. The molecule has 7 nitrogen and oxygen atoms in total. The van der Waals surface area contributed by atoms with Gasteiger partial charge in [0, 0.05) is 21.9 Å². The highest BCUT2D eigenvalue weighted by molar-refractivity contribution is 9.10. The predicted octanol–water partition coefficient (Wildman–Crippen LogP) is 4.63. The highest BCUT2D eigenvalue weighted by atomic mass is 79.9. The molecule has 4 rings (SSSR count). The number of amides is 3. The number of nitrogens with zero attached hydrogens (tertiary/aromatic N) is 2. The van der Waals surface area contributed by atoms with E-state index < -0.39 is 24.1 Å². The normalized spacial score (nSPS) is 16.8. The van der Waals surface area contributed by atoms with Crippen molar-refractivity contribution in [3.63, 3.8) is 0 Å². The fourth-order valence-electron chi connectivity index (χ4n) is 3.99. The van der Waals surface area contributed by atoms with Gasteiger partial charge in [-0.25, -0.2) is 4.79 Å². The number of hydrogen-bond donors (Lipinski definition) is 2. The molecule has 2 N–H and O–H groups in total. The van der Waals surface area contributed by atoms with E-state index >= 15 is 0 Å². The number of carboxylic acid groups (broad SMARTS) is 1. The number of likely N-dealkylation sites (N-methyl/N-ethyl adjacent to an activating group) is 1. The third-order valence-electron chi connectivity index (χ3n) is 6.07. The van der Waals surface area contributed by atoms with E-state index in [1.165, 1.54) is 14.0 Å². The van der Waals surface area contributed by atoms with Crippen molar-refractivity contribution >= 4 is 60.9 Å². The van der Waals surface area contributed by atoms with Crippen molar-refractivity contribution in [3.05, 3.63) is 63.4 Å². The maximum absolute atomic E-state index is 13.7. The Morgan fingerprint density at radius 1 is 1.30 bits per heavy atom. The molecule has 0 bridgehead atoms. The summed E-state index contributed by atoms with van der Waals surface area (Å²) in [4.78, 5) is 40.3. The molecule has 1 aliphatic heterocycles. The van der Waals surface area contributed by atoms with Crippen LogP contribution in [0, 0.1) is 0 Å². The number of para-hydroxylation sites is 1. The van der Waals surface area contributed by atoms with Crippen LogP contribution in [-0.4, -0.2) is 47.0 Å². The molecule has 2 aromatic carbocycles. The lowest BCUT2D eigenvalue weighted by molar-refractivity contribution is -0.130. The van der Waals surface area contributed by atoms with E-state index in [1.54, 1.807) is 16.2 Å². The number of rotatable bonds is 5. The molecule has 0 saturated heterocycles. The first-order valence-electron chi connectivity index (χ1n) is 10.6. The monoisotopic (exact) mass is 529 g/mol. The molecule has 2 atom stereocenters. The zero-order valence-corrected chi connectivity index (χ0v) is 20.6. The molecule has 0 radical (unpaired) electrons. The summed E-state index contributed by atoms with van der Waals surface area (Å²) in [7, 11) is 1.34. The van der Waals surface area contributed by atoms with E-state index in [0.717, 1.165) is 36.3 Å². The van der Waals surface area contributed by atoms with Gasteiger partial charge in [0.1, 0.15) is 12.1 Å². The number of carbonyl (C=O) groups excluding carboxylic acids is 2. The minimum absolute atomic E-state index is 0.201. The average molecular weight is 530 g/mol. The predicted molar refractivity (Wildman–Crippen MR) is 133 cm³/mol. The quantitative estimate of drug-likeness (QED) is 0.504. The van der Waals surface area contributed by atoms with Crippen molar-refractivity contribution in [2.45, 2.75) is 38.4 Å². The molecule has 1 aliphatic rings. The van der Waals surface area contributed by atoms with Gasteiger partial charge in [-0.05, 0) is 65.9 Å². The molecule has 33 heavy (non-hydrogen) atoms. The van der Waals surface area contributed by atoms with Crippen LogP contribution in [0.25, 0.3) is 10.1 Å². The fraction of sp³-hybridized carbons (Fsp3) is 0.292. The standard InChI is InChI=1S/C24H24BrN3O4S/c1-14(27(2)24(31)32)22(29)26-19-9-7-15-5-3-4-6-20(15)28(23(19)30)12-16-13-33-21-10-8-17(25)11-18(16)21/h3-6,8,10-11,13-14,19H,7,9,12H2,1-2H3,(H,26,29)(H,31,32)/t14-,19-/m0/s1. The highest BCUT2D eigenvalue weighted by Gasteiger charge is 2.33. The lowest BCUT2D eigenvalue weighted by Gasteiger charge is -2.28. The number of hydrogen-bond acceptors (Lipinski definition) is 4. The SMILES string of the molecule is C[C@@H](C(=O)N[C@H]1CCc2ccccc2N(Cc2csc3ccc(Br)cc23)C1=O)N(C)C(=O)O. The molecule has 3 aromatic rings. The van der Waals surface area contributed by atoms with Gasteiger partial charge in [0.25, 0.3) is 0 Å². The molecule has 172 valence electrons. The first-order chi connectivity index (χ1) is 15.8. The van der Waals surface area contributed by atoms with Crippen LogP contribution in [-0.2, 0) is 22.6 Å². The van der Waals surface area contributed by atoms with Crippen molar-refractivity contribution in [2.75, 3.05) is 11.9 Å². The van der Waals surface area contributed by atoms with E-state index in [2.05, 4.69) is 38.8 Å². The van der Waals surface area contributed by atoms with Gasteiger partial charge < -0.3 is 15.3 Å². The fourth-order valence-corrected chi connectivity index (χ4v) is 5.29. The Balaban J connectivity index is 1.65. The maximum Gasteiger partial charge on any atom is 0.407 e. The molecule has 0 unspecified atom stereocenters. The summed E-state index contributed by atoms with van der Waals surface area (Å²) < 4.78 is 2.11. The lowest BCUT2D eigenvalue weighted by Crippen LogP contribution is -2.53. The van der Waals surface area contributed by atoms with Gasteiger partial charge >= 0.3 is 6.09 Å². The number of nitrogens with one attached hydrogen (secondary N) is 1. The Morgan fingerprint density at radius 2 is 2.06 bits per heavy atom. The molecular formula is C24H24BrN3O4S. The van der Waals surface area contributed by atoms with Gasteiger partial charge in [0.05, 0.1) is 6.54 Å². The van der Waals surface area contributed by atoms with Crippen LogP contribution in [0.1, 0.15) is 24.5 Å². The van der Waals surface area contributed by atoms with Gasteiger partial charge in [-0.3, -0.25) is 14.5 Å². The molecule has 3 amide bonds. The number of benzene rings is 2. The number of fused-ring (bicyclic) bond motifs is 2. The summed E-state index contributed by atoms with van der Waals surface area (Å²) in [5.74, 6) is -0.693. The highest BCUT2D eigenvalue weighted by Crippen LogP contribution is 2.33. The van der Waals surface area contributed by atoms with Gasteiger partial charge in [-0.15, -0.1) is 11.3 Å². The third-order valence-corrected chi connectivity index (χ3v) is 7.58. The molecule has 0 saturated carbocycles. The first-order valence-corrected chi connectivity index (χ1v) is 12.2. The molecule has 9 heteroatoms. The summed E-state index contributed by atoms with van der Waals surface area (Å²) in [6.07, 6.45) is -0.130. The summed E-state index contributed by atoms with van der Waals surface area (Å²) in [6, 6.07) is 12.2. The van der Waals surface area contributed by atoms with Gasteiger partial charge in [-0.1, -0.05) is 34.1 Å². The van der Waals surface area contributed by atoms with Gasteiger partial charge in [-0.2, -0.15) is 0 Å². The number of anilines is 1. The largest absolute Gasteiger partial charge is 0.465 e. The van der Waals surface area contributed by atoms with Crippen molar-refractivity contribution in [3.8, 4) is 0 Å². The Labute approximate surface area is 204 Å². The minimum atomic E-state index is -1.20. The Morgan fingerprint density at radius 3 is 2.82 bits per heavy atom. The molecule has 0 fully saturated rings. The third kappa shape index (κ3) is 4.74. The minimum Gasteiger partial charge on any atom is -0.465 e. The van der Waals surface area contributed by atoms with Crippen LogP contribution in [0.15, 0.2) is 52.3 Å². The van der Waals surface area contributed by atoms with Crippen molar-refractivity contribution in [1.82, 2.24) is 10.2 Å². The molecule has 0 aliphatic carbocycles. The van der Waals surface area contributed by atoms with Crippen LogP contribution in [0.2, 0.25) is 0 Å². The molecule has 0 spiro atoms. The number of aryl methyl sites for hydroxylation is 1. The number of thiophene rings is 1. The van der Waals surface area contributed by atoms with Crippen LogP contribution in [0.3, 0.4) is 0 Å². The smallest absolute Gasteiger partial charge is 0.407 e. The van der Waals surface area contributed by atoms with Crippen molar-refractivity contribution in [1.29, 1.82) is 0 Å². The number of halogens is 1. The lowest BCUT2D eigenvalue weighted by atomic mass is 10.1. The molecule has 1 aromatic heterocycles. The topological polar surface area (TPSA) is 90.0 Å². The zero-order chi connectivity index (χ0) is 23.7. The Hall–Kier alpha value is -2.91. The maximum atomic E-state index is 13.7. The summed E-state index contributed by atoms with van der Waals surface area (Å²) in [6.45, 7) is 1.88. The van der Waals surface area contributed by atoms with E-state index in [0.29, 0.717) is 19.4 Å². The van der Waals surface area contributed by atoms with Crippen LogP contribution in [0.5, 0.6) is 0 Å².